The van der Waals surface area contributed by atoms with E-state index in [4.69, 9.17) is 4.74 Å². The van der Waals surface area contributed by atoms with Gasteiger partial charge in [0.15, 0.2) is 5.78 Å². The van der Waals surface area contributed by atoms with Crippen LogP contribution in [0.5, 0.6) is 5.75 Å². The number of methoxy groups -OCH3 is 1. The molecular formula is C25H19F3N2O3. The van der Waals surface area contributed by atoms with Crippen LogP contribution in [0.3, 0.4) is 0 Å². The van der Waals surface area contributed by atoms with Crippen LogP contribution in [-0.2, 0) is 12.7 Å². The molecule has 4 aromatic rings. The van der Waals surface area contributed by atoms with Gasteiger partial charge in [0.1, 0.15) is 11.4 Å². The highest BCUT2D eigenvalue weighted by molar-refractivity contribution is 6.10. The fourth-order valence-corrected chi connectivity index (χ4v) is 3.72. The van der Waals surface area contributed by atoms with Gasteiger partial charge < -0.3 is 9.30 Å². The van der Waals surface area contributed by atoms with Gasteiger partial charge in [0.2, 0.25) is 5.43 Å². The van der Waals surface area contributed by atoms with Crippen molar-refractivity contribution < 1.29 is 22.7 Å². The Balaban J connectivity index is 1.83. The number of hydrogen-bond acceptors (Lipinski definition) is 4. The highest BCUT2D eigenvalue weighted by Gasteiger charge is 2.30. The number of rotatable bonds is 5. The van der Waals surface area contributed by atoms with Gasteiger partial charge >= 0.3 is 6.18 Å². The molecule has 2 heterocycles. The minimum Gasteiger partial charge on any atom is -0.496 e. The molecule has 0 saturated heterocycles. The zero-order valence-corrected chi connectivity index (χ0v) is 17.8. The molecule has 4 rings (SSSR count). The van der Waals surface area contributed by atoms with Crippen molar-refractivity contribution in [2.24, 2.45) is 0 Å². The topological polar surface area (TPSA) is 61.2 Å². The Morgan fingerprint density at radius 1 is 1.09 bits per heavy atom. The summed E-state index contributed by atoms with van der Waals surface area (Å²) in [7, 11) is 1.52. The van der Waals surface area contributed by atoms with Crippen molar-refractivity contribution in [3.8, 4) is 5.75 Å². The van der Waals surface area contributed by atoms with Gasteiger partial charge in [-0.2, -0.15) is 13.2 Å². The summed E-state index contributed by atoms with van der Waals surface area (Å²) in [6.45, 7) is 1.78. The van der Waals surface area contributed by atoms with Crippen molar-refractivity contribution in [3.05, 3.63) is 105 Å². The number of nitrogens with zero attached hydrogens (tertiary/aromatic N) is 2. The summed E-state index contributed by atoms with van der Waals surface area (Å²) in [6, 6.07) is 12.9. The number of alkyl halides is 3. The first kappa shape index (κ1) is 22.3. The molecule has 0 fully saturated rings. The Labute approximate surface area is 187 Å². The van der Waals surface area contributed by atoms with Crippen LogP contribution in [0.2, 0.25) is 0 Å². The molecule has 8 heteroatoms. The lowest BCUT2D eigenvalue weighted by Gasteiger charge is -2.14. The first-order valence-corrected chi connectivity index (χ1v) is 10.0. The quantitative estimate of drug-likeness (QED) is 0.400. The van der Waals surface area contributed by atoms with E-state index in [-0.39, 0.29) is 23.1 Å². The van der Waals surface area contributed by atoms with E-state index in [0.717, 1.165) is 17.7 Å². The van der Waals surface area contributed by atoms with Gasteiger partial charge in [-0.1, -0.05) is 12.1 Å². The Morgan fingerprint density at radius 3 is 2.58 bits per heavy atom. The molecule has 0 atom stereocenters. The predicted molar refractivity (Wildman–Crippen MR) is 118 cm³/mol. The number of carbonyl (C=O) groups is 1. The van der Waals surface area contributed by atoms with Gasteiger partial charge in [-0.15, -0.1) is 0 Å². The van der Waals surface area contributed by atoms with Crippen molar-refractivity contribution in [2.75, 3.05) is 7.11 Å². The predicted octanol–water partition coefficient (Wildman–Crippen LogP) is 5.01. The average molecular weight is 452 g/mol. The maximum Gasteiger partial charge on any atom is 0.416 e. The average Bonchev–Trinajstić information content (AvgIpc) is 2.80. The summed E-state index contributed by atoms with van der Waals surface area (Å²) < 4.78 is 46.2. The third kappa shape index (κ3) is 4.37. The van der Waals surface area contributed by atoms with Crippen LogP contribution in [0.1, 0.15) is 32.6 Å². The van der Waals surface area contributed by atoms with Crippen molar-refractivity contribution in [2.45, 2.75) is 19.6 Å². The SMILES string of the molecule is COc1ccc(C(=O)c2cn(Cc3cccc(C(F)(F)F)c3)c3ncccc3c2=O)cc1C. The molecule has 0 N–H and O–H groups in total. The lowest BCUT2D eigenvalue weighted by atomic mass is 10.0. The first-order chi connectivity index (χ1) is 15.7. The molecule has 0 radical (unpaired) electrons. The van der Waals surface area contributed by atoms with E-state index in [1.165, 1.54) is 30.1 Å². The highest BCUT2D eigenvalue weighted by atomic mass is 19.4. The molecule has 0 bridgehead atoms. The first-order valence-electron chi connectivity index (χ1n) is 10.0. The van der Waals surface area contributed by atoms with Gasteiger partial charge in [0.25, 0.3) is 0 Å². The number of pyridine rings is 2. The second kappa shape index (κ2) is 8.54. The fraction of sp³-hybridized carbons (Fsp3) is 0.160. The van der Waals surface area contributed by atoms with Gasteiger partial charge in [-0.3, -0.25) is 9.59 Å². The molecule has 0 amide bonds. The zero-order valence-electron chi connectivity index (χ0n) is 17.8. The molecule has 2 aromatic carbocycles. The van der Waals surface area contributed by atoms with E-state index in [0.29, 0.717) is 16.9 Å². The molecule has 0 aliphatic heterocycles. The monoisotopic (exact) mass is 452 g/mol. The van der Waals surface area contributed by atoms with Crippen LogP contribution >= 0.6 is 0 Å². The van der Waals surface area contributed by atoms with E-state index in [1.807, 2.05) is 0 Å². The Hall–Kier alpha value is -3.94. The molecule has 2 aromatic heterocycles. The molecule has 0 aliphatic rings. The second-order valence-electron chi connectivity index (χ2n) is 7.59. The van der Waals surface area contributed by atoms with Crippen LogP contribution < -0.4 is 10.2 Å². The maximum atomic E-state index is 13.2. The number of fused-ring (bicyclic) bond motifs is 1. The van der Waals surface area contributed by atoms with E-state index in [1.54, 1.807) is 43.3 Å². The van der Waals surface area contributed by atoms with E-state index >= 15 is 0 Å². The molecule has 0 aliphatic carbocycles. The lowest BCUT2D eigenvalue weighted by Crippen LogP contribution is -2.21. The number of ether oxygens (including phenoxy) is 1. The molecule has 0 spiro atoms. The maximum absolute atomic E-state index is 13.2. The third-order valence-electron chi connectivity index (χ3n) is 5.34. The minimum atomic E-state index is -4.48. The summed E-state index contributed by atoms with van der Waals surface area (Å²) in [5, 5.41) is 0.209. The number of hydrogen-bond donors (Lipinski definition) is 0. The Kier molecular flexibility index (Phi) is 5.76. The number of benzene rings is 2. The van der Waals surface area contributed by atoms with Gasteiger partial charge in [0, 0.05) is 24.5 Å². The van der Waals surface area contributed by atoms with E-state index in [2.05, 4.69) is 4.98 Å². The number of aromatic nitrogens is 2. The molecule has 0 saturated carbocycles. The Morgan fingerprint density at radius 2 is 1.88 bits per heavy atom. The minimum absolute atomic E-state index is 0.000363. The van der Waals surface area contributed by atoms with E-state index < -0.39 is 23.0 Å². The highest BCUT2D eigenvalue weighted by Crippen LogP contribution is 2.30. The van der Waals surface area contributed by atoms with Crippen LogP contribution in [0.15, 0.2) is 71.8 Å². The van der Waals surface area contributed by atoms with Crippen molar-refractivity contribution in [1.82, 2.24) is 9.55 Å². The number of ketones is 1. The number of aryl methyl sites for hydroxylation is 1. The summed E-state index contributed by atoms with van der Waals surface area (Å²) in [5.41, 5.74) is 0.322. The van der Waals surface area contributed by atoms with Crippen LogP contribution in [-0.4, -0.2) is 22.4 Å². The molecule has 0 unspecified atom stereocenters. The van der Waals surface area contributed by atoms with Gasteiger partial charge in [-0.25, -0.2) is 4.98 Å². The second-order valence-corrected chi connectivity index (χ2v) is 7.59. The normalized spacial score (nSPS) is 11.5. The largest absolute Gasteiger partial charge is 0.496 e. The lowest BCUT2D eigenvalue weighted by molar-refractivity contribution is -0.137. The number of halogens is 3. The summed E-state index contributed by atoms with van der Waals surface area (Å²) in [6.07, 6.45) is -1.63. The zero-order chi connectivity index (χ0) is 23.8. The van der Waals surface area contributed by atoms with Crippen molar-refractivity contribution in [1.29, 1.82) is 0 Å². The molecule has 5 nitrogen and oxygen atoms in total. The van der Waals surface area contributed by atoms with Gasteiger partial charge in [-0.05, 0) is 60.5 Å². The van der Waals surface area contributed by atoms with Gasteiger partial charge in [0.05, 0.1) is 23.6 Å². The number of carbonyl (C=O) groups excluding carboxylic acids is 1. The molecular weight excluding hydrogens is 433 g/mol. The fourth-order valence-electron chi connectivity index (χ4n) is 3.72. The van der Waals surface area contributed by atoms with Crippen molar-refractivity contribution in [3.63, 3.8) is 0 Å². The summed E-state index contributed by atoms with van der Waals surface area (Å²) >= 11 is 0. The summed E-state index contributed by atoms with van der Waals surface area (Å²) in [5.74, 6) is 0.116. The Bertz CT molecular complexity index is 1420. The van der Waals surface area contributed by atoms with Crippen LogP contribution in [0.4, 0.5) is 13.2 Å². The molecule has 168 valence electrons. The standard InChI is InChI=1S/C25H19F3N2O3/c1-15-11-17(8-9-21(15)33-2)22(31)20-14-30(24-19(23(20)32)7-4-10-29-24)13-16-5-3-6-18(12-16)25(26,27)28/h3-12,14H,13H2,1-2H3. The van der Waals surface area contributed by atoms with Crippen molar-refractivity contribution >= 4 is 16.8 Å². The molecule has 33 heavy (non-hydrogen) atoms. The smallest absolute Gasteiger partial charge is 0.416 e. The van der Waals surface area contributed by atoms with Crippen LogP contribution in [0.25, 0.3) is 11.0 Å². The van der Waals surface area contributed by atoms with Crippen LogP contribution in [0, 0.1) is 6.92 Å². The van der Waals surface area contributed by atoms with E-state index in [9.17, 15) is 22.8 Å². The summed E-state index contributed by atoms with van der Waals surface area (Å²) in [4.78, 5) is 30.6. The third-order valence-corrected chi connectivity index (χ3v) is 5.34.